The van der Waals surface area contributed by atoms with Gasteiger partial charge in [0, 0.05) is 5.56 Å². The van der Waals surface area contributed by atoms with Crippen LogP contribution < -0.4 is 9.47 Å². The number of halogens is 3. The van der Waals surface area contributed by atoms with E-state index in [2.05, 4.69) is 15.9 Å². The molecule has 6 heteroatoms. The fourth-order valence-electron chi connectivity index (χ4n) is 2.00. The molecule has 1 N–H and O–H groups in total. The average Bonchev–Trinajstić information content (AvgIpc) is 2.49. The third kappa shape index (κ3) is 3.15. The molecular formula is C15H13BrClFO3. The highest BCUT2D eigenvalue weighted by molar-refractivity contribution is 9.10. The second-order valence-electron chi connectivity index (χ2n) is 4.28. The summed E-state index contributed by atoms with van der Waals surface area (Å²) < 4.78 is 24.6. The van der Waals surface area contributed by atoms with Crippen molar-refractivity contribution in [1.29, 1.82) is 0 Å². The van der Waals surface area contributed by atoms with Gasteiger partial charge in [-0.25, -0.2) is 4.39 Å². The molecule has 0 bridgehead atoms. The first-order valence-electron chi connectivity index (χ1n) is 6.03. The van der Waals surface area contributed by atoms with Crippen LogP contribution in [0.25, 0.3) is 0 Å². The number of benzene rings is 2. The number of ether oxygens (including phenoxy) is 2. The second kappa shape index (κ2) is 6.64. The molecular weight excluding hydrogens is 363 g/mol. The highest BCUT2D eigenvalue weighted by atomic mass is 79.9. The van der Waals surface area contributed by atoms with Crippen LogP contribution in [-0.4, -0.2) is 19.3 Å². The van der Waals surface area contributed by atoms with E-state index >= 15 is 0 Å². The lowest BCUT2D eigenvalue weighted by atomic mass is 10.0. The molecule has 0 fully saturated rings. The molecule has 2 aromatic carbocycles. The zero-order valence-corrected chi connectivity index (χ0v) is 13.7. The standard InChI is InChI=1S/C15H13BrClFO3/c1-20-12-6-4-9(15(21-2)13(12)16)14(19)8-3-5-10(17)11(18)7-8/h3-7,14,19H,1-2H3. The summed E-state index contributed by atoms with van der Waals surface area (Å²) in [6.45, 7) is 0. The minimum Gasteiger partial charge on any atom is -0.495 e. The van der Waals surface area contributed by atoms with Crippen LogP contribution >= 0.6 is 27.5 Å². The van der Waals surface area contributed by atoms with Crippen LogP contribution in [0.3, 0.4) is 0 Å². The Labute approximate surface area is 135 Å². The fourth-order valence-corrected chi connectivity index (χ4v) is 2.80. The molecule has 21 heavy (non-hydrogen) atoms. The lowest BCUT2D eigenvalue weighted by Gasteiger charge is -2.18. The molecule has 2 rings (SSSR count). The molecule has 112 valence electrons. The van der Waals surface area contributed by atoms with Crippen molar-refractivity contribution in [3.05, 3.63) is 56.8 Å². The zero-order chi connectivity index (χ0) is 15.6. The lowest BCUT2D eigenvalue weighted by Crippen LogP contribution is -2.04. The first-order chi connectivity index (χ1) is 9.99. The third-order valence-electron chi connectivity index (χ3n) is 3.07. The predicted molar refractivity (Wildman–Crippen MR) is 82.7 cm³/mol. The van der Waals surface area contributed by atoms with Gasteiger partial charge in [0.1, 0.15) is 27.9 Å². The number of aliphatic hydroxyl groups excluding tert-OH is 1. The molecule has 2 aromatic rings. The Morgan fingerprint density at radius 2 is 1.90 bits per heavy atom. The van der Waals surface area contributed by atoms with Gasteiger partial charge in [-0.3, -0.25) is 0 Å². The Hall–Kier alpha value is -1.30. The smallest absolute Gasteiger partial charge is 0.142 e. The SMILES string of the molecule is COc1ccc(C(O)c2ccc(Cl)c(F)c2)c(OC)c1Br. The number of hydrogen-bond donors (Lipinski definition) is 1. The molecule has 0 saturated heterocycles. The Balaban J connectivity index is 2.50. The monoisotopic (exact) mass is 374 g/mol. The summed E-state index contributed by atoms with van der Waals surface area (Å²) in [6.07, 6.45) is -1.05. The minimum atomic E-state index is -1.05. The normalized spacial score (nSPS) is 12.1. The van der Waals surface area contributed by atoms with E-state index < -0.39 is 11.9 Å². The largest absolute Gasteiger partial charge is 0.495 e. The van der Waals surface area contributed by atoms with Crippen molar-refractivity contribution >= 4 is 27.5 Å². The van der Waals surface area contributed by atoms with Gasteiger partial charge in [-0.05, 0) is 45.8 Å². The summed E-state index contributed by atoms with van der Waals surface area (Å²) in [5.41, 5.74) is 0.874. The van der Waals surface area contributed by atoms with Crippen LogP contribution in [0.15, 0.2) is 34.8 Å². The van der Waals surface area contributed by atoms with Crippen LogP contribution in [0.1, 0.15) is 17.2 Å². The summed E-state index contributed by atoms with van der Waals surface area (Å²) in [5.74, 6) is 0.419. The molecule has 1 atom stereocenters. The van der Waals surface area contributed by atoms with Crippen molar-refractivity contribution in [2.24, 2.45) is 0 Å². The molecule has 0 aliphatic carbocycles. The summed E-state index contributed by atoms with van der Waals surface area (Å²) in [4.78, 5) is 0. The van der Waals surface area contributed by atoms with Gasteiger partial charge in [-0.15, -0.1) is 0 Å². The molecule has 0 spiro atoms. The van der Waals surface area contributed by atoms with Gasteiger partial charge in [0.2, 0.25) is 0 Å². The summed E-state index contributed by atoms with van der Waals surface area (Å²) >= 11 is 9.01. The van der Waals surface area contributed by atoms with Crippen molar-refractivity contribution in [1.82, 2.24) is 0 Å². The van der Waals surface area contributed by atoms with E-state index in [1.165, 1.54) is 26.4 Å². The van der Waals surface area contributed by atoms with Crippen LogP contribution in [0.5, 0.6) is 11.5 Å². The Morgan fingerprint density at radius 3 is 2.48 bits per heavy atom. The molecule has 0 radical (unpaired) electrons. The van der Waals surface area contributed by atoms with Crippen molar-refractivity contribution in [3.8, 4) is 11.5 Å². The lowest BCUT2D eigenvalue weighted by molar-refractivity contribution is 0.213. The van der Waals surface area contributed by atoms with E-state index in [0.29, 0.717) is 27.1 Å². The van der Waals surface area contributed by atoms with E-state index in [9.17, 15) is 9.50 Å². The number of rotatable bonds is 4. The minimum absolute atomic E-state index is 0.00817. The Bertz CT molecular complexity index is 664. The topological polar surface area (TPSA) is 38.7 Å². The maximum Gasteiger partial charge on any atom is 0.142 e. The number of aliphatic hydroxyl groups is 1. The van der Waals surface area contributed by atoms with Gasteiger partial charge in [-0.1, -0.05) is 17.7 Å². The molecule has 0 aliphatic heterocycles. The highest BCUT2D eigenvalue weighted by Crippen LogP contribution is 2.41. The van der Waals surface area contributed by atoms with Crippen LogP contribution in [0, 0.1) is 5.82 Å². The molecule has 0 aliphatic rings. The summed E-state index contributed by atoms with van der Waals surface area (Å²) in [6, 6.07) is 7.52. The van der Waals surface area contributed by atoms with E-state index in [0.717, 1.165) is 0 Å². The van der Waals surface area contributed by atoms with E-state index in [1.807, 2.05) is 0 Å². The molecule has 1 unspecified atom stereocenters. The average molecular weight is 376 g/mol. The first kappa shape index (κ1) is 16.1. The Morgan fingerprint density at radius 1 is 1.19 bits per heavy atom. The van der Waals surface area contributed by atoms with Gasteiger partial charge in [0.25, 0.3) is 0 Å². The van der Waals surface area contributed by atoms with E-state index in [1.54, 1.807) is 18.2 Å². The van der Waals surface area contributed by atoms with Crippen molar-refractivity contribution in [2.75, 3.05) is 14.2 Å². The van der Waals surface area contributed by atoms with E-state index in [4.69, 9.17) is 21.1 Å². The summed E-state index contributed by atoms with van der Waals surface area (Å²) in [7, 11) is 3.02. The molecule has 3 nitrogen and oxygen atoms in total. The first-order valence-corrected chi connectivity index (χ1v) is 7.20. The van der Waals surface area contributed by atoms with Crippen LogP contribution in [0.4, 0.5) is 4.39 Å². The van der Waals surface area contributed by atoms with Gasteiger partial charge in [-0.2, -0.15) is 0 Å². The van der Waals surface area contributed by atoms with Gasteiger partial charge >= 0.3 is 0 Å². The predicted octanol–water partition coefficient (Wildman–Crippen LogP) is 4.34. The zero-order valence-electron chi connectivity index (χ0n) is 11.4. The molecule has 0 aromatic heterocycles. The van der Waals surface area contributed by atoms with Gasteiger partial charge in [0.05, 0.1) is 19.2 Å². The fraction of sp³-hybridized carbons (Fsp3) is 0.200. The van der Waals surface area contributed by atoms with Crippen LogP contribution in [0.2, 0.25) is 5.02 Å². The molecule has 0 amide bonds. The second-order valence-corrected chi connectivity index (χ2v) is 5.48. The van der Waals surface area contributed by atoms with Gasteiger partial charge < -0.3 is 14.6 Å². The summed E-state index contributed by atoms with van der Waals surface area (Å²) in [5, 5.41) is 10.5. The Kier molecular flexibility index (Phi) is 5.08. The highest BCUT2D eigenvalue weighted by Gasteiger charge is 2.20. The quantitative estimate of drug-likeness (QED) is 0.864. The third-order valence-corrected chi connectivity index (χ3v) is 4.13. The van der Waals surface area contributed by atoms with Crippen molar-refractivity contribution < 1.29 is 19.0 Å². The maximum absolute atomic E-state index is 13.5. The molecule has 0 saturated carbocycles. The van der Waals surface area contributed by atoms with Crippen LogP contribution in [-0.2, 0) is 0 Å². The maximum atomic E-state index is 13.5. The number of methoxy groups -OCH3 is 2. The van der Waals surface area contributed by atoms with E-state index in [-0.39, 0.29) is 5.02 Å². The number of hydrogen-bond acceptors (Lipinski definition) is 3. The van der Waals surface area contributed by atoms with Gasteiger partial charge in [0.15, 0.2) is 0 Å². The van der Waals surface area contributed by atoms with Crippen molar-refractivity contribution in [3.63, 3.8) is 0 Å². The molecule has 0 heterocycles. The van der Waals surface area contributed by atoms with Crippen molar-refractivity contribution in [2.45, 2.75) is 6.10 Å².